The van der Waals surface area contributed by atoms with Crippen molar-refractivity contribution < 1.29 is 19.1 Å². The van der Waals surface area contributed by atoms with Crippen molar-refractivity contribution >= 4 is 41.0 Å². The first kappa shape index (κ1) is 26.1. The van der Waals surface area contributed by atoms with E-state index < -0.39 is 0 Å². The molecule has 1 atom stereocenters. The molecule has 2 amide bonds. The lowest BCUT2D eigenvalue weighted by atomic mass is 10.1. The van der Waals surface area contributed by atoms with Crippen LogP contribution in [0.15, 0.2) is 35.5 Å². The smallest absolute Gasteiger partial charge is 0.254 e. The SMILES string of the molecule is COCCCNC(=O)CSc1nc(Cl)cc(N2CCN(C(=O)c3cccc(OC)c3)C(C)C2)n1. The highest BCUT2D eigenvalue weighted by molar-refractivity contribution is 7.99. The Kier molecular flexibility index (Phi) is 9.79. The van der Waals surface area contributed by atoms with Gasteiger partial charge in [0.1, 0.15) is 16.7 Å². The summed E-state index contributed by atoms with van der Waals surface area (Å²) >= 11 is 7.48. The predicted octanol–water partition coefficient (Wildman–Crippen LogP) is 2.73. The van der Waals surface area contributed by atoms with Gasteiger partial charge in [-0.1, -0.05) is 29.4 Å². The standard InChI is InChI=1S/C23H30ClN5O4S/c1-16-14-28(9-10-29(16)22(31)17-6-4-7-18(12-17)33-3)20-13-19(24)26-23(27-20)34-15-21(30)25-8-5-11-32-2/h4,6-7,12-13,16H,5,8-11,14-15H2,1-3H3,(H,25,30). The number of hydrogen-bond acceptors (Lipinski definition) is 8. The molecule has 1 unspecified atom stereocenters. The summed E-state index contributed by atoms with van der Waals surface area (Å²) in [6.45, 7) is 4.93. The van der Waals surface area contributed by atoms with Gasteiger partial charge in [-0.2, -0.15) is 0 Å². The number of amides is 2. The van der Waals surface area contributed by atoms with Crippen molar-refractivity contribution in [2.45, 2.75) is 24.5 Å². The van der Waals surface area contributed by atoms with Gasteiger partial charge in [0.05, 0.1) is 12.9 Å². The van der Waals surface area contributed by atoms with Crippen molar-refractivity contribution in [3.8, 4) is 5.75 Å². The van der Waals surface area contributed by atoms with Gasteiger partial charge in [-0.05, 0) is 31.5 Å². The zero-order valence-corrected chi connectivity index (χ0v) is 21.2. The van der Waals surface area contributed by atoms with E-state index in [1.807, 2.05) is 24.0 Å². The van der Waals surface area contributed by atoms with E-state index in [2.05, 4.69) is 20.2 Å². The fourth-order valence-corrected chi connectivity index (χ4v) is 4.54. The molecule has 1 saturated heterocycles. The maximum Gasteiger partial charge on any atom is 0.254 e. The molecule has 1 aliphatic heterocycles. The Hall–Kier alpha value is -2.56. The summed E-state index contributed by atoms with van der Waals surface area (Å²) in [7, 11) is 3.21. The average molecular weight is 508 g/mol. The maximum atomic E-state index is 13.0. The molecule has 34 heavy (non-hydrogen) atoms. The van der Waals surface area contributed by atoms with Gasteiger partial charge in [-0.15, -0.1) is 0 Å². The van der Waals surface area contributed by atoms with E-state index in [0.29, 0.717) is 60.2 Å². The zero-order chi connectivity index (χ0) is 24.5. The van der Waals surface area contributed by atoms with Crippen LogP contribution >= 0.6 is 23.4 Å². The van der Waals surface area contributed by atoms with Crippen LogP contribution in [0.5, 0.6) is 5.75 Å². The molecule has 1 aromatic carbocycles. The summed E-state index contributed by atoms with van der Waals surface area (Å²) in [5.41, 5.74) is 0.601. The van der Waals surface area contributed by atoms with E-state index in [1.54, 1.807) is 32.4 Å². The van der Waals surface area contributed by atoms with Crippen LogP contribution < -0.4 is 15.0 Å². The van der Waals surface area contributed by atoms with Crippen molar-refractivity contribution in [3.63, 3.8) is 0 Å². The summed E-state index contributed by atoms with van der Waals surface area (Å²) in [5.74, 6) is 1.42. The van der Waals surface area contributed by atoms with E-state index in [9.17, 15) is 9.59 Å². The van der Waals surface area contributed by atoms with Crippen molar-refractivity contribution in [2.75, 3.05) is 57.7 Å². The number of nitrogens with one attached hydrogen (secondary N) is 1. The third kappa shape index (κ3) is 7.22. The molecule has 2 heterocycles. The van der Waals surface area contributed by atoms with Gasteiger partial charge >= 0.3 is 0 Å². The molecule has 1 aromatic heterocycles. The minimum absolute atomic E-state index is 0.0282. The van der Waals surface area contributed by atoms with E-state index in [4.69, 9.17) is 21.1 Å². The van der Waals surface area contributed by atoms with Crippen LogP contribution in [0.25, 0.3) is 0 Å². The highest BCUT2D eigenvalue weighted by atomic mass is 35.5. The van der Waals surface area contributed by atoms with Crippen LogP contribution in [0.1, 0.15) is 23.7 Å². The first-order valence-corrected chi connectivity index (χ1v) is 12.4. The minimum Gasteiger partial charge on any atom is -0.497 e. The first-order valence-electron chi connectivity index (χ1n) is 11.0. The Balaban J connectivity index is 1.59. The van der Waals surface area contributed by atoms with Crippen LogP contribution in [-0.2, 0) is 9.53 Å². The molecular formula is C23H30ClN5O4S. The second-order valence-electron chi connectivity index (χ2n) is 7.84. The Morgan fingerprint density at radius 2 is 2.06 bits per heavy atom. The molecule has 0 aliphatic carbocycles. The van der Waals surface area contributed by atoms with Gasteiger partial charge in [-0.3, -0.25) is 9.59 Å². The molecule has 0 saturated carbocycles. The molecule has 0 bridgehead atoms. The van der Waals surface area contributed by atoms with Crippen molar-refractivity contribution in [2.24, 2.45) is 0 Å². The van der Waals surface area contributed by atoms with Crippen LogP contribution in [0.4, 0.5) is 5.82 Å². The van der Waals surface area contributed by atoms with Crippen molar-refractivity contribution in [1.82, 2.24) is 20.2 Å². The van der Waals surface area contributed by atoms with Crippen molar-refractivity contribution in [3.05, 3.63) is 41.0 Å². The molecule has 11 heteroatoms. The largest absolute Gasteiger partial charge is 0.497 e. The minimum atomic E-state index is -0.0930. The first-order chi connectivity index (χ1) is 16.4. The zero-order valence-electron chi connectivity index (χ0n) is 19.6. The number of aromatic nitrogens is 2. The molecule has 184 valence electrons. The number of thioether (sulfide) groups is 1. The fourth-order valence-electron chi connectivity index (χ4n) is 3.63. The molecule has 1 N–H and O–H groups in total. The van der Waals surface area contributed by atoms with Gasteiger partial charge in [0.2, 0.25) is 5.91 Å². The summed E-state index contributed by atoms with van der Waals surface area (Å²) in [5, 5.41) is 3.60. The Bertz CT molecular complexity index is 996. The highest BCUT2D eigenvalue weighted by Gasteiger charge is 2.29. The van der Waals surface area contributed by atoms with Crippen LogP contribution in [0.3, 0.4) is 0 Å². The lowest BCUT2D eigenvalue weighted by Crippen LogP contribution is -2.54. The number of piperazine rings is 1. The summed E-state index contributed by atoms with van der Waals surface area (Å²) < 4.78 is 10.2. The lowest BCUT2D eigenvalue weighted by molar-refractivity contribution is -0.118. The quantitative estimate of drug-likeness (QED) is 0.227. The number of halogens is 1. The Labute approximate surface area is 209 Å². The van der Waals surface area contributed by atoms with E-state index in [0.717, 1.165) is 6.42 Å². The number of anilines is 1. The number of hydrogen-bond donors (Lipinski definition) is 1. The molecule has 2 aromatic rings. The number of rotatable bonds is 10. The molecule has 9 nitrogen and oxygen atoms in total. The van der Waals surface area contributed by atoms with Gasteiger partial charge in [0.15, 0.2) is 5.16 Å². The summed E-state index contributed by atoms with van der Waals surface area (Å²) in [4.78, 5) is 37.9. The second-order valence-corrected chi connectivity index (χ2v) is 9.17. The Morgan fingerprint density at radius 3 is 2.79 bits per heavy atom. The number of carbonyl (C=O) groups is 2. The maximum absolute atomic E-state index is 13.0. The van der Waals surface area contributed by atoms with Gasteiger partial charge < -0.3 is 24.6 Å². The number of methoxy groups -OCH3 is 2. The van der Waals surface area contributed by atoms with Crippen LogP contribution in [0.2, 0.25) is 5.15 Å². The topological polar surface area (TPSA) is 96.9 Å². The number of benzene rings is 1. The summed E-state index contributed by atoms with van der Waals surface area (Å²) in [6, 6.07) is 8.86. The van der Waals surface area contributed by atoms with Crippen LogP contribution in [-0.4, -0.2) is 85.5 Å². The third-order valence-corrected chi connectivity index (χ3v) is 6.41. The molecule has 0 radical (unpaired) electrons. The number of ether oxygens (including phenoxy) is 2. The van der Waals surface area contributed by atoms with Crippen molar-refractivity contribution in [1.29, 1.82) is 0 Å². The molecule has 1 aliphatic rings. The molecule has 1 fully saturated rings. The number of nitrogens with zero attached hydrogens (tertiary/aromatic N) is 4. The van der Waals surface area contributed by atoms with E-state index in [1.165, 1.54) is 11.8 Å². The lowest BCUT2D eigenvalue weighted by Gasteiger charge is -2.40. The number of carbonyl (C=O) groups excluding carboxylic acids is 2. The molecule has 3 rings (SSSR count). The highest BCUT2D eigenvalue weighted by Crippen LogP contribution is 2.25. The molecule has 0 spiro atoms. The average Bonchev–Trinajstić information content (AvgIpc) is 2.84. The van der Waals surface area contributed by atoms with Gasteiger partial charge in [-0.25, -0.2) is 9.97 Å². The monoisotopic (exact) mass is 507 g/mol. The van der Waals surface area contributed by atoms with E-state index in [-0.39, 0.29) is 23.6 Å². The van der Waals surface area contributed by atoms with Gasteiger partial charge in [0.25, 0.3) is 5.91 Å². The van der Waals surface area contributed by atoms with Gasteiger partial charge in [0, 0.05) is 57.6 Å². The third-order valence-electron chi connectivity index (χ3n) is 5.37. The Morgan fingerprint density at radius 1 is 1.24 bits per heavy atom. The normalized spacial score (nSPS) is 15.8. The molecular weight excluding hydrogens is 478 g/mol. The second kappa shape index (κ2) is 12.8. The summed E-state index contributed by atoms with van der Waals surface area (Å²) in [6.07, 6.45) is 0.759. The fraction of sp³-hybridized carbons (Fsp3) is 0.478. The van der Waals surface area contributed by atoms with Crippen LogP contribution in [0, 0.1) is 0 Å². The predicted molar refractivity (Wildman–Crippen MR) is 133 cm³/mol. The van der Waals surface area contributed by atoms with E-state index >= 15 is 0 Å².